The zero-order valence-corrected chi connectivity index (χ0v) is 35.3. The lowest BCUT2D eigenvalue weighted by atomic mass is 9.71. The minimum Gasteiger partial charge on any atom is -0.507 e. The number of likely N-dealkylation sites (N-methyl/N-ethyl adjacent to an activating group) is 1. The number of benzene rings is 4. The monoisotopic (exact) mass is 832 g/mol. The topological polar surface area (TPSA) is 144 Å². The average molecular weight is 833 g/mol. The highest BCUT2D eigenvalue weighted by molar-refractivity contribution is 8.02. The van der Waals surface area contributed by atoms with Gasteiger partial charge < -0.3 is 33.5 Å². The minimum absolute atomic E-state index is 0.0110. The van der Waals surface area contributed by atoms with E-state index in [1.165, 1.54) is 41.1 Å². The number of nitriles is 1. The molecule has 4 aromatic carbocycles. The molecule has 2 N–H and O–H groups in total. The van der Waals surface area contributed by atoms with Crippen molar-refractivity contribution in [2.45, 2.75) is 62.8 Å². The number of phenols is 1. The van der Waals surface area contributed by atoms with Gasteiger partial charge in [-0.3, -0.25) is 20.1 Å². The molecule has 9 rings (SSSR count). The average Bonchev–Trinajstić information content (AvgIpc) is 3.87. The zero-order valence-electron chi connectivity index (χ0n) is 34.4. The third-order valence-electron chi connectivity index (χ3n) is 12.8. The Morgan fingerprint density at radius 1 is 1.00 bits per heavy atom. The number of carbonyl (C=O) groups excluding carboxylic acids is 1. The number of piperazine rings is 1. The molecule has 0 aromatic heterocycles. The quantitative estimate of drug-likeness (QED) is 0.0687. The third-order valence-corrected chi connectivity index (χ3v) is 13.8. The van der Waals surface area contributed by atoms with Crippen molar-refractivity contribution in [1.82, 2.24) is 15.3 Å². The van der Waals surface area contributed by atoms with Crippen LogP contribution in [0.25, 0.3) is 11.1 Å². The molecule has 4 heterocycles. The molecule has 0 spiro atoms. The van der Waals surface area contributed by atoms with Crippen molar-refractivity contribution in [2.75, 3.05) is 54.3 Å². The molecule has 60 heavy (non-hydrogen) atoms. The number of carbonyl (C=O) groups is 1. The first kappa shape index (κ1) is 40.0. The summed E-state index contributed by atoms with van der Waals surface area (Å²) in [5, 5.41) is 24.7. The van der Waals surface area contributed by atoms with Gasteiger partial charge in [0.25, 0.3) is 0 Å². The number of hydroxylamine groups is 1. The van der Waals surface area contributed by atoms with Crippen molar-refractivity contribution in [3.8, 4) is 45.9 Å². The summed E-state index contributed by atoms with van der Waals surface area (Å²) in [6.07, 6.45) is 0.925. The summed E-state index contributed by atoms with van der Waals surface area (Å²) in [4.78, 5) is 23.8. The molecule has 1 aliphatic carbocycles. The number of ether oxygens (including phenoxy) is 6. The molecule has 312 valence electrons. The van der Waals surface area contributed by atoms with Crippen molar-refractivity contribution in [1.29, 1.82) is 5.26 Å². The van der Waals surface area contributed by atoms with Gasteiger partial charge in [0.2, 0.25) is 6.79 Å². The maximum atomic E-state index is 14.2. The van der Waals surface area contributed by atoms with Gasteiger partial charge in [-0.2, -0.15) is 5.26 Å². The number of aromatic hydroxyl groups is 1. The zero-order chi connectivity index (χ0) is 41.8. The largest absolute Gasteiger partial charge is 0.507 e. The molecule has 14 heteroatoms. The van der Waals surface area contributed by atoms with E-state index in [-0.39, 0.29) is 55.7 Å². The van der Waals surface area contributed by atoms with Crippen LogP contribution in [0.5, 0.6) is 28.7 Å². The maximum Gasteiger partial charge on any atom is 0.357 e. The lowest BCUT2D eigenvalue weighted by molar-refractivity contribution is -0.146. The van der Waals surface area contributed by atoms with E-state index in [1.807, 2.05) is 14.0 Å². The first-order valence-corrected chi connectivity index (χ1v) is 21.1. The minimum atomic E-state index is -0.701. The highest BCUT2D eigenvalue weighted by Gasteiger charge is 2.57. The molecule has 4 aliphatic heterocycles. The number of hydrogen-bond acceptors (Lipinski definition) is 14. The molecular weight excluding hydrogens is 785 g/mol. The Hall–Kier alpha value is -5.43. The van der Waals surface area contributed by atoms with Crippen molar-refractivity contribution in [2.24, 2.45) is 0 Å². The number of fused-ring (bicyclic) bond motifs is 12. The summed E-state index contributed by atoms with van der Waals surface area (Å²) in [5.74, 6) is 2.41. The second kappa shape index (κ2) is 16.2. The number of thioether (sulfide) groups is 1. The van der Waals surface area contributed by atoms with E-state index < -0.39 is 18.1 Å². The second-order valence-corrected chi connectivity index (χ2v) is 16.7. The Morgan fingerprint density at radius 2 is 1.72 bits per heavy atom. The van der Waals surface area contributed by atoms with Crippen LogP contribution in [0, 0.1) is 25.2 Å². The van der Waals surface area contributed by atoms with Gasteiger partial charge in [0.15, 0.2) is 35.5 Å². The van der Waals surface area contributed by atoms with Crippen LogP contribution < -0.4 is 24.4 Å². The number of nitrogens with zero attached hydrogens (tertiary/aromatic N) is 3. The first-order chi connectivity index (χ1) is 29.2. The summed E-state index contributed by atoms with van der Waals surface area (Å²) in [6, 6.07) is 19.4. The maximum absolute atomic E-state index is 14.2. The highest BCUT2D eigenvalue weighted by atomic mass is 32.2. The number of aryl methyl sites for hydroxylation is 1. The van der Waals surface area contributed by atoms with Crippen LogP contribution in [-0.4, -0.2) is 93.3 Å². The van der Waals surface area contributed by atoms with Crippen LogP contribution in [0.2, 0.25) is 0 Å². The predicted octanol–water partition coefficient (Wildman–Crippen LogP) is 6.58. The Labute approximate surface area is 353 Å². The molecule has 13 nitrogen and oxygen atoms in total. The van der Waals surface area contributed by atoms with Crippen LogP contribution in [-0.2, 0) is 31.9 Å². The van der Waals surface area contributed by atoms with E-state index in [2.05, 4.69) is 75.9 Å². The smallest absolute Gasteiger partial charge is 0.357 e. The van der Waals surface area contributed by atoms with Gasteiger partial charge >= 0.3 is 5.97 Å². The number of rotatable bonds is 12. The molecule has 1 fully saturated rings. The molecule has 0 amide bonds. The fourth-order valence-electron chi connectivity index (χ4n) is 10.4. The van der Waals surface area contributed by atoms with E-state index in [4.69, 9.17) is 33.3 Å². The Morgan fingerprint density at radius 3 is 2.40 bits per heavy atom. The molecule has 5 aliphatic rings. The fourth-order valence-corrected chi connectivity index (χ4v) is 11.3. The molecule has 1 saturated heterocycles. The van der Waals surface area contributed by atoms with Crippen molar-refractivity contribution >= 4 is 17.7 Å². The number of nitrogens with one attached hydrogen (secondary N) is 1. The van der Waals surface area contributed by atoms with Gasteiger partial charge in [0, 0.05) is 58.5 Å². The van der Waals surface area contributed by atoms with Crippen LogP contribution in [0.4, 0.5) is 0 Å². The van der Waals surface area contributed by atoms with Crippen LogP contribution in [0.15, 0.2) is 65.7 Å². The van der Waals surface area contributed by atoms with Crippen LogP contribution in [0.1, 0.15) is 62.5 Å². The molecule has 4 aromatic rings. The summed E-state index contributed by atoms with van der Waals surface area (Å²) in [5.41, 5.74) is 12.6. The van der Waals surface area contributed by atoms with E-state index in [0.29, 0.717) is 58.3 Å². The molecule has 1 unspecified atom stereocenters. The standard InChI is InChI=1S/C46H48N4O9S/c1-24-15-26-16-34-36(18-47)50-35(40(49(34)3)38(26)44(42(24)54-5)57-22-53-4)17-31-39(45-43(58-23-59-45)25(2)41(31)51)37(50)19-56-46(52)33(48-55-6)21-60-20-32-29-13-9-7-11-27(29)28-12-8-10-14-30(28)32/h7-15,21,32,34-37,40,48,51H,16-17,19-20,22-23H2,1-6H3/b33-21-/t34-,35?,36-,37-,40-/m0/s1. The van der Waals surface area contributed by atoms with E-state index in [0.717, 1.165) is 16.7 Å². The molecule has 0 radical (unpaired) electrons. The SMILES string of the molecule is COCOc1c(OC)c(C)cc2c1[C@@H]1C3Cc4c(O)c(C)c5c(c4[C@H](COC(=O)/C(=C/SCC4c6ccccc6-c6ccccc64)NOC)N3[C@@H](C#N)[C@H](C2)N1C)OCO5. The van der Waals surface area contributed by atoms with Gasteiger partial charge in [0.1, 0.15) is 18.4 Å². The summed E-state index contributed by atoms with van der Waals surface area (Å²) in [6.45, 7) is 3.62. The van der Waals surface area contributed by atoms with Crippen LogP contribution in [0.3, 0.4) is 0 Å². The molecular formula is C46H48N4O9S. The number of esters is 1. The van der Waals surface area contributed by atoms with Gasteiger partial charge in [-0.1, -0.05) is 54.6 Å². The summed E-state index contributed by atoms with van der Waals surface area (Å²) >= 11 is 1.50. The third kappa shape index (κ3) is 6.33. The van der Waals surface area contributed by atoms with Crippen molar-refractivity contribution < 1.29 is 43.2 Å². The summed E-state index contributed by atoms with van der Waals surface area (Å²) in [7, 11) is 6.68. The lowest BCUT2D eigenvalue weighted by Gasteiger charge is -2.59. The first-order valence-electron chi connectivity index (χ1n) is 20.0. The molecule has 0 saturated carbocycles. The fraction of sp³-hybridized carbons (Fsp3) is 0.391. The van der Waals surface area contributed by atoms with Crippen molar-refractivity contribution in [3.63, 3.8) is 0 Å². The Bertz CT molecular complexity index is 2390. The van der Waals surface area contributed by atoms with Crippen molar-refractivity contribution in [3.05, 3.63) is 110 Å². The number of hydrogen-bond donors (Lipinski definition) is 2. The van der Waals surface area contributed by atoms with E-state index in [9.17, 15) is 15.2 Å². The second-order valence-electron chi connectivity index (χ2n) is 15.8. The lowest BCUT2D eigenvalue weighted by Crippen LogP contribution is -2.68. The summed E-state index contributed by atoms with van der Waals surface area (Å²) < 4.78 is 35.9. The van der Waals surface area contributed by atoms with E-state index in [1.54, 1.807) is 26.6 Å². The molecule has 2 bridgehead atoms. The Balaban J connectivity index is 1.08. The molecule has 5 atom stereocenters. The number of phenolic OH excluding ortho intramolecular Hbond substituents is 1. The van der Waals surface area contributed by atoms with Gasteiger partial charge in [-0.05, 0) is 67.1 Å². The predicted molar refractivity (Wildman–Crippen MR) is 224 cm³/mol. The van der Waals surface area contributed by atoms with E-state index >= 15 is 0 Å². The highest BCUT2D eigenvalue weighted by Crippen LogP contribution is 2.58. The van der Waals surface area contributed by atoms with Gasteiger partial charge in [-0.15, -0.1) is 11.8 Å². The van der Waals surface area contributed by atoms with Gasteiger partial charge in [0.05, 0.1) is 32.4 Å². The normalized spacial score (nSPS) is 22.5. The Kier molecular flexibility index (Phi) is 10.8. The van der Waals surface area contributed by atoms with Gasteiger partial charge in [-0.25, -0.2) is 4.79 Å². The van der Waals surface area contributed by atoms with Crippen LogP contribution >= 0.6 is 11.8 Å². The number of methoxy groups -OCH3 is 2.